The molecule has 0 aliphatic heterocycles. The summed E-state index contributed by atoms with van der Waals surface area (Å²) in [5, 5.41) is 5.32. The first-order valence-electron chi connectivity index (χ1n) is 6.10. The van der Waals surface area contributed by atoms with E-state index >= 15 is 0 Å². The van der Waals surface area contributed by atoms with Gasteiger partial charge in [0.25, 0.3) is 0 Å². The molecule has 0 radical (unpaired) electrons. The molecular weight excluding hydrogens is 262 g/mol. The molecule has 2 aromatic rings. The van der Waals surface area contributed by atoms with Crippen LogP contribution in [0.5, 0.6) is 0 Å². The molecule has 0 aliphatic carbocycles. The molecule has 0 bridgehead atoms. The maximum absolute atomic E-state index is 4.38. The van der Waals surface area contributed by atoms with Crippen LogP contribution in [0.4, 0.5) is 5.82 Å². The Morgan fingerprint density at radius 3 is 2.89 bits per heavy atom. The van der Waals surface area contributed by atoms with Crippen molar-refractivity contribution >= 4 is 39.1 Å². The molecule has 0 amide bonds. The number of fused-ring (bicyclic) bond motifs is 1. The standard InChI is InChI=1S/C13H19N3S2/c1-8(17-4)5-6-14-12-11-9(2)10(3)18-13(11)16-7-15-12/h7-8H,5-6H2,1-4H3,(H,14,15,16). The van der Waals surface area contributed by atoms with Crippen molar-refractivity contribution in [3.63, 3.8) is 0 Å². The molecular formula is C13H19N3S2. The quantitative estimate of drug-likeness (QED) is 0.903. The molecule has 0 aliphatic rings. The second-order valence-corrected chi connectivity index (χ2v) is 6.93. The van der Waals surface area contributed by atoms with Crippen LogP contribution in [0.2, 0.25) is 0 Å². The Bertz CT molecular complexity index is 536. The minimum absolute atomic E-state index is 0.681. The summed E-state index contributed by atoms with van der Waals surface area (Å²) in [7, 11) is 0. The topological polar surface area (TPSA) is 37.8 Å². The van der Waals surface area contributed by atoms with Crippen molar-refractivity contribution in [1.82, 2.24) is 9.97 Å². The first-order valence-corrected chi connectivity index (χ1v) is 8.21. The number of hydrogen-bond donors (Lipinski definition) is 1. The summed E-state index contributed by atoms with van der Waals surface area (Å²) in [6.45, 7) is 7.50. The van der Waals surface area contributed by atoms with Gasteiger partial charge in [-0.1, -0.05) is 6.92 Å². The van der Waals surface area contributed by atoms with E-state index in [1.165, 1.54) is 15.8 Å². The van der Waals surface area contributed by atoms with E-state index in [-0.39, 0.29) is 0 Å². The van der Waals surface area contributed by atoms with E-state index in [2.05, 4.69) is 42.3 Å². The van der Waals surface area contributed by atoms with Gasteiger partial charge in [0.1, 0.15) is 17.0 Å². The lowest BCUT2D eigenvalue weighted by atomic mass is 10.2. The minimum atomic E-state index is 0.681. The van der Waals surface area contributed by atoms with Crippen molar-refractivity contribution in [3.8, 4) is 0 Å². The summed E-state index contributed by atoms with van der Waals surface area (Å²) in [6, 6.07) is 0. The number of aryl methyl sites for hydroxylation is 2. The summed E-state index contributed by atoms with van der Waals surface area (Å²) in [6.07, 6.45) is 4.95. The van der Waals surface area contributed by atoms with E-state index in [4.69, 9.17) is 0 Å². The highest BCUT2D eigenvalue weighted by Gasteiger charge is 2.11. The predicted molar refractivity (Wildman–Crippen MR) is 83.0 cm³/mol. The van der Waals surface area contributed by atoms with Crippen LogP contribution < -0.4 is 5.32 Å². The zero-order valence-electron chi connectivity index (χ0n) is 11.3. The summed E-state index contributed by atoms with van der Waals surface area (Å²) < 4.78 is 0. The molecule has 0 saturated heterocycles. The highest BCUT2D eigenvalue weighted by Crippen LogP contribution is 2.32. The summed E-state index contributed by atoms with van der Waals surface area (Å²) in [4.78, 5) is 11.1. The van der Waals surface area contributed by atoms with Crippen LogP contribution in [-0.4, -0.2) is 28.0 Å². The Kier molecular flexibility index (Phi) is 4.45. The van der Waals surface area contributed by atoms with Crippen LogP contribution in [0.1, 0.15) is 23.8 Å². The fraction of sp³-hybridized carbons (Fsp3) is 0.538. The van der Waals surface area contributed by atoms with E-state index in [0.717, 1.165) is 23.6 Å². The third-order valence-corrected chi connectivity index (χ3v) is 5.37. The van der Waals surface area contributed by atoms with Gasteiger partial charge in [0.2, 0.25) is 0 Å². The molecule has 1 unspecified atom stereocenters. The van der Waals surface area contributed by atoms with Gasteiger partial charge < -0.3 is 5.32 Å². The van der Waals surface area contributed by atoms with Gasteiger partial charge in [-0.3, -0.25) is 0 Å². The van der Waals surface area contributed by atoms with Gasteiger partial charge in [-0.2, -0.15) is 11.8 Å². The first-order chi connectivity index (χ1) is 8.63. The predicted octanol–water partition coefficient (Wildman–Crippen LogP) is 3.86. The Morgan fingerprint density at radius 1 is 1.39 bits per heavy atom. The second kappa shape index (κ2) is 5.89. The molecule has 98 valence electrons. The molecule has 2 heterocycles. The molecule has 0 spiro atoms. The van der Waals surface area contributed by atoms with E-state index < -0.39 is 0 Å². The Balaban J connectivity index is 2.18. The normalized spacial score (nSPS) is 12.9. The van der Waals surface area contributed by atoms with Gasteiger partial charge in [-0.05, 0) is 32.1 Å². The average molecular weight is 281 g/mol. The molecule has 1 N–H and O–H groups in total. The van der Waals surface area contributed by atoms with E-state index in [1.807, 2.05) is 11.8 Å². The van der Waals surface area contributed by atoms with E-state index in [0.29, 0.717) is 5.25 Å². The molecule has 0 fully saturated rings. The third kappa shape index (κ3) is 2.78. The first kappa shape index (κ1) is 13.6. The number of thiophene rings is 1. The Hall–Kier alpha value is -0.810. The zero-order valence-corrected chi connectivity index (χ0v) is 12.9. The number of thioether (sulfide) groups is 1. The largest absolute Gasteiger partial charge is 0.369 e. The van der Waals surface area contributed by atoms with Gasteiger partial charge in [0, 0.05) is 16.7 Å². The fourth-order valence-electron chi connectivity index (χ4n) is 1.83. The second-order valence-electron chi connectivity index (χ2n) is 4.45. The van der Waals surface area contributed by atoms with E-state index in [9.17, 15) is 0 Å². The van der Waals surface area contributed by atoms with Gasteiger partial charge in [-0.15, -0.1) is 11.3 Å². The SMILES string of the molecule is CSC(C)CCNc1ncnc2sc(C)c(C)c12. The van der Waals surface area contributed by atoms with Gasteiger partial charge >= 0.3 is 0 Å². The van der Waals surface area contributed by atoms with Crippen LogP contribution in [0.25, 0.3) is 10.2 Å². The minimum Gasteiger partial charge on any atom is -0.369 e. The van der Waals surface area contributed by atoms with Crippen molar-refractivity contribution in [2.75, 3.05) is 18.1 Å². The summed E-state index contributed by atoms with van der Waals surface area (Å²) in [5.41, 5.74) is 1.30. The van der Waals surface area contributed by atoms with Crippen LogP contribution in [0.3, 0.4) is 0 Å². The van der Waals surface area contributed by atoms with Crippen LogP contribution in [0, 0.1) is 13.8 Å². The van der Waals surface area contributed by atoms with Crippen LogP contribution >= 0.6 is 23.1 Å². The zero-order chi connectivity index (χ0) is 13.1. The number of rotatable bonds is 5. The highest BCUT2D eigenvalue weighted by molar-refractivity contribution is 7.99. The lowest BCUT2D eigenvalue weighted by Gasteiger charge is -2.10. The maximum Gasteiger partial charge on any atom is 0.138 e. The molecule has 18 heavy (non-hydrogen) atoms. The number of anilines is 1. The Labute approximate surface area is 116 Å². The highest BCUT2D eigenvalue weighted by atomic mass is 32.2. The Morgan fingerprint density at radius 2 is 2.17 bits per heavy atom. The molecule has 1 atom stereocenters. The molecule has 0 aromatic carbocycles. The summed E-state index contributed by atoms with van der Waals surface area (Å²) in [5.74, 6) is 0.982. The summed E-state index contributed by atoms with van der Waals surface area (Å²) >= 11 is 3.64. The molecule has 3 nitrogen and oxygen atoms in total. The van der Waals surface area contributed by atoms with Crippen molar-refractivity contribution in [2.24, 2.45) is 0 Å². The van der Waals surface area contributed by atoms with Gasteiger partial charge in [0.15, 0.2) is 0 Å². The number of aromatic nitrogens is 2. The monoisotopic (exact) mass is 281 g/mol. The average Bonchev–Trinajstić information content (AvgIpc) is 2.66. The van der Waals surface area contributed by atoms with Gasteiger partial charge in [-0.25, -0.2) is 9.97 Å². The van der Waals surface area contributed by atoms with Crippen molar-refractivity contribution in [3.05, 3.63) is 16.8 Å². The van der Waals surface area contributed by atoms with Gasteiger partial charge in [0.05, 0.1) is 5.39 Å². The van der Waals surface area contributed by atoms with Crippen molar-refractivity contribution in [2.45, 2.75) is 32.4 Å². The number of nitrogens with one attached hydrogen (secondary N) is 1. The van der Waals surface area contributed by atoms with Crippen molar-refractivity contribution < 1.29 is 0 Å². The van der Waals surface area contributed by atoms with Crippen LogP contribution in [0.15, 0.2) is 6.33 Å². The maximum atomic E-state index is 4.38. The van der Waals surface area contributed by atoms with Crippen LogP contribution in [-0.2, 0) is 0 Å². The van der Waals surface area contributed by atoms with Crippen molar-refractivity contribution in [1.29, 1.82) is 0 Å². The number of hydrogen-bond acceptors (Lipinski definition) is 5. The molecule has 0 saturated carbocycles. The van der Waals surface area contributed by atoms with E-state index in [1.54, 1.807) is 17.7 Å². The lowest BCUT2D eigenvalue weighted by Crippen LogP contribution is -2.09. The molecule has 5 heteroatoms. The fourth-order valence-corrected chi connectivity index (χ4v) is 3.18. The molecule has 2 rings (SSSR count). The smallest absolute Gasteiger partial charge is 0.138 e. The third-order valence-electron chi connectivity index (χ3n) is 3.21. The molecule has 2 aromatic heterocycles. The lowest BCUT2D eigenvalue weighted by molar-refractivity contribution is 0.850. The number of nitrogens with zero attached hydrogens (tertiary/aromatic N) is 2.